The SMILES string of the molecule is CCC(C)N1CC(=O)N2C(Cc3c([nH]c4ccccc34)C2c2ccc(OC(C)C)c(OC)c2)C1=O. The summed E-state index contributed by atoms with van der Waals surface area (Å²) in [6, 6.07) is 13.0. The molecule has 2 aliphatic heterocycles. The molecule has 0 saturated carbocycles. The molecule has 7 nitrogen and oxygen atoms in total. The first-order valence-electron chi connectivity index (χ1n) is 12.4. The van der Waals surface area contributed by atoms with Crippen LogP contribution in [0.5, 0.6) is 11.5 Å². The van der Waals surface area contributed by atoms with Gasteiger partial charge in [0.05, 0.1) is 19.3 Å². The molecule has 0 radical (unpaired) electrons. The Hall–Kier alpha value is -3.48. The standard InChI is InChI=1S/C28H33N3O4/c1-6-17(4)30-15-25(32)31-22(28(30)33)14-20-19-9-7-8-10-21(19)29-26(20)27(31)18-11-12-23(35-16(2)3)24(13-18)34-5/h7-13,16-17,22,27,29H,6,14-15H2,1-5H3. The number of piperazine rings is 1. The van der Waals surface area contributed by atoms with Gasteiger partial charge in [-0.2, -0.15) is 0 Å². The quantitative estimate of drug-likeness (QED) is 0.572. The minimum atomic E-state index is -0.542. The number of hydrogen-bond acceptors (Lipinski definition) is 4. The summed E-state index contributed by atoms with van der Waals surface area (Å²) in [6.07, 6.45) is 1.31. The lowest BCUT2D eigenvalue weighted by molar-refractivity contribution is -0.160. The average Bonchev–Trinajstić information content (AvgIpc) is 3.23. The summed E-state index contributed by atoms with van der Waals surface area (Å²) in [5.41, 5.74) is 3.95. The van der Waals surface area contributed by atoms with Gasteiger partial charge in [0.15, 0.2) is 11.5 Å². The van der Waals surface area contributed by atoms with Crippen molar-refractivity contribution < 1.29 is 19.1 Å². The Balaban J connectivity index is 1.67. The van der Waals surface area contributed by atoms with Gasteiger partial charge in [-0.1, -0.05) is 31.2 Å². The van der Waals surface area contributed by atoms with E-state index in [0.29, 0.717) is 17.9 Å². The lowest BCUT2D eigenvalue weighted by atomic mass is 9.85. The summed E-state index contributed by atoms with van der Waals surface area (Å²) in [6.45, 7) is 8.09. The summed E-state index contributed by atoms with van der Waals surface area (Å²) in [7, 11) is 1.62. The normalized spacial score (nSPS) is 20.7. The molecule has 1 aromatic heterocycles. The number of H-pyrrole nitrogens is 1. The number of fused-ring (bicyclic) bond motifs is 4. The molecule has 3 aromatic rings. The van der Waals surface area contributed by atoms with Crippen molar-refractivity contribution in [1.29, 1.82) is 0 Å². The first-order valence-corrected chi connectivity index (χ1v) is 12.4. The molecule has 0 spiro atoms. The number of methoxy groups -OCH3 is 1. The second-order valence-corrected chi connectivity index (χ2v) is 9.79. The van der Waals surface area contributed by atoms with Crippen molar-refractivity contribution in [3.8, 4) is 11.5 Å². The molecule has 184 valence electrons. The third-order valence-electron chi connectivity index (χ3n) is 7.28. The Kier molecular flexibility index (Phi) is 5.95. The molecule has 2 aromatic carbocycles. The predicted octanol–water partition coefficient (Wildman–Crippen LogP) is 4.45. The van der Waals surface area contributed by atoms with Crippen molar-refractivity contribution in [2.45, 2.75) is 64.8 Å². The van der Waals surface area contributed by atoms with Crippen LogP contribution in [0, 0.1) is 0 Å². The molecule has 0 aliphatic carbocycles. The zero-order valence-electron chi connectivity index (χ0n) is 21.0. The van der Waals surface area contributed by atoms with Crippen LogP contribution in [0.2, 0.25) is 0 Å². The van der Waals surface area contributed by atoms with Crippen LogP contribution in [0.15, 0.2) is 42.5 Å². The van der Waals surface area contributed by atoms with E-state index in [-0.39, 0.29) is 30.5 Å². The molecule has 7 heteroatoms. The molecule has 3 heterocycles. The average molecular weight is 476 g/mol. The van der Waals surface area contributed by atoms with Crippen molar-refractivity contribution in [3.05, 3.63) is 59.3 Å². The smallest absolute Gasteiger partial charge is 0.246 e. The number of rotatable bonds is 6. The highest BCUT2D eigenvalue weighted by molar-refractivity contribution is 5.97. The van der Waals surface area contributed by atoms with E-state index in [0.717, 1.165) is 34.1 Å². The Bertz CT molecular complexity index is 1280. The molecule has 35 heavy (non-hydrogen) atoms. The van der Waals surface area contributed by atoms with Crippen LogP contribution >= 0.6 is 0 Å². The van der Waals surface area contributed by atoms with Gasteiger partial charge in [0.1, 0.15) is 12.6 Å². The lowest BCUT2D eigenvalue weighted by Crippen LogP contribution is -2.64. The van der Waals surface area contributed by atoms with Crippen LogP contribution in [-0.2, 0) is 16.0 Å². The lowest BCUT2D eigenvalue weighted by Gasteiger charge is -2.48. The van der Waals surface area contributed by atoms with Gasteiger partial charge in [0.2, 0.25) is 11.8 Å². The first-order chi connectivity index (χ1) is 16.8. The highest BCUT2D eigenvalue weighted by atomic mass is 16.5. The number of amides is 2. The molecule has 1 saturated heterocycles. The van der Waals surface area contributed by atoms with Gasteiger partial charge in [0.25, 0.3) is 0 Å². The highest BCUT2D eigenvalue weighted by Gasteiger charge is 2.49. The fourth-order valence-electron chi connectivity index (χ4n) is 5.43. The maximum atomic E-state index is 13.7. The monoisotopic (exact) mass is 475 g/mol. The van der Waals surface area contributed by atoms with Gasteiger partial charge in [0, 0.05) is 29.1 Å². The Morgan fingerprint density at radius 2 is 1.86 bits per heavy atom. The number of aromatic amines is 1. The van der Waals surface area contributed by atoms with Gasteiger partial charge in [-0.3, -0.25) is 9.59 Å². The predicted molar refractivity (Wildman–Crippen MR) is 135 cm³/mol. The number of benzene rings is 2. The third kappa shape index (κ3) is 3.83. The van der Waals surface area contributed by atoms with Gasteiger partial charge < -0.3 is 24.3 Å². The van der Waals surface area contributed by atoms with Crippen LogP contribution in [0.25, 0.3) is 10.9 Å². The number of nitrogens with zero attached hydrogens (tertiary/aromatic N) is 2. The minimum Gasteiger partial charge on any atom is -0.493 e. The van der Waals surface area contributed by atoms with Gasteiger partial charge in [-0.05, 0) is 56.5 Å². The summed E-state index contributed by atoms with van der Waals surface area (Å²) in [4.78, 5) is 34.5. The van der Waals surface area contributed by atoms with Crippen molar-refractivity contribution in [2.24, 2.45) is 0 Å². The zero-order chi connectivity index (χ0) is 24.9. The minimum absolute atomic E-state index is 0.00181. The molecular weight excluding hydrogens is 442 g/mol. The molecule has 0 bridgehead atoms. The number of carbonyl (C=O) groups is 2. The Morgan fingerprint density at radius 1 is 1.09 bits per heavy atom. The fraction of sp³-hybridized carbons (Fsp3) is 0.429. The molecule has 5 rings (SSSR count). The second kappa shape index (κ2) is 8.95. The summed E-state index contributed by atoms with van der Waals surface area (Å²) < 4.78 is 11.6. The van der Waals surface area contributed by atoms with E-state index < -0.39 is 12.1 Å². The van der Waals surface area contributed by atoms with E-state index in [2.05, 4.69) is 11.1 Å². The van der Waals surface area contributed by atoms with E-state index in [9.17, 15) is 9.59 Å². The Morgan fingerprint density at radius 3 is 2.57 bits per heavy atom. The van der Waals surface area contributed by atoms with Crippen molar-refractivity contribution >= 4 is 22.7 Å². The fourth-order valence-corrected chi connectivity index (χ4v) is 5.43. The highest BCUT2D eigenvalue weighted by Crippen LogP contribution is 2.44. The molecule has 1 fully saturated rings. The molecule has 2 aliphatic rings. The van der Waals surface area contributed by atoms with Gasteiger partial charge >= 0.3 is 0 Å². The summed E-state index contributed by atoms with van der Waals surface area (Å²) >= 11 is 0. The van der Waals surface area contributed by atoms with E-state index in [1.54, 1.807) is 16.9 Å². The number of para-hydroxylation sites is 1. The number of hydrogen-bond donors (Lipinski definition) is 1. The van der Waals surface area contributed by atoms with Crippen molar-refractivity contribution in [3.63, 3.8) is 0 Å². The van der Waals surface area contributed by atoms with Crippen LogP contribution < -0.4 is 9.47 Å². The molecule has 3 atom stereocenters. The number of aromatic nitrogens is 1. The molecule has 1 N–H and O–H groups in total. The molecular formula is C28H33N3O4. The van der Waals surface area contributed by atoms with Crippen LogP contribution in [0.3, 0.4) is 0 Å². The number of nitrogens with one attached hydrogen (secondary N) is 1. The molecule has 3 unspecified atom stereocenters. The zero-order valence-corrected chi connectivity index (χ0v) is 21.0. The van der Waals surface area contributed by atoms with E-state index in [1.165, 1.54) is 0 Å². The summed E-state index contributed by atoms with van der Waals surface area (Å²) in [5, 5.41) is 1.10. The van der Waals surface area contributed by atoms with Crippen molar-refractivity contribution in [2.75, 3.05) is 13.7 Å². The number of ether oxygens (including phenoxy) is 2. The van der Waals surface area contributed by atoms with E-state index in [1.807, 2.05) is 64.1 Å². The van der Waals surface area contributed by atoms with Crippen LogP contribution in [0.4, 0.5) is 0 Å². The maximum absolute atomic E-state index is 13.7. The molecule has 2 amide bonds. The second-order valence-electron chi connectivity index (χ2n) is 9.79. The maximum Gasteiger partial charge on any atom is 0.246 e. The Labute approximate surface area is 206 Å². The van der Waals surface area contributed by atoms with Crippen molar-refractivity contribution in [1.82, 2.24) is 14.8 Å². The van der Waals surface area contributed by atoms with E-state index in [4.69, 9.17) is 9.47 Å². The van der Waals surface area contributed by atoms with Gasteiger partial charge in [-0.15, -0.1) is 0 Å². The number of carbonyl (C=O) groups excluding carboxylic acids is 2. The van der Waals surface area contributed by atoms with Crippen LogP contribution in [-0.4, -0.2) is 58.4 Å². The summed E-state index contributed by atoms with van der Waals surface area (Å²) in [5.74, 6) is 1.24. The van der Waals surface area contributed by atoms with Crippen LogP contribution in [0.1, 0.15) is 57.0 Å². The van der Waals surface area contributed by atoms with Gasteiger partial charge in [-0.25, -0.2) is 0 Å². The topological polar surface area (TPSA) is 74.9 Å². The third-order valence-corrected chi connectivity index (χ3v) is 7.28. The first kappa shape index (κ1) is 23.3. The largest absolute Gasteiger partial charge is 0.493 e. The van der Waals surface area contributed by atoms with E-state index >= 15 is 0 Å².